The molecule has 0 saturated heterocycles. The molecule has 4 heteroatoms. The van der Waals surface area contributed by atoms with Crippen LogP contribution in [-0.4, -0.2) is 24.0 Å². The Balaban J connectivity index is 1.72. The smallest absolute Gasteiger partial charge is 0.317 e. The fourth-order valence-electron chi connectivity index (χ4n) is 4.20. The third-order valence-electron chi connectivity index (χ3n) is 5.48. The van der Waals surface area contributed by atoms with Gasteiger partial charge in [-0.2, -0.15) is 0 Å². The molecule has 23 heavy (non-hydrogen) atoms. The minimum atomic E-state index is 0.0596. The van der Waals surface area contributed by atoms with Gasteiger partial charge in [0.2, 0.25) is 0 Å². The van der Waals surface area contributed by atoms with E-state index in [1.807, 2.05) is 18.9 Å². The predicted molar refractivity (Wildman–Crippen MR) is 91.5 cm³/mol. The van der Waals surface area contributed by atoms with Crippen molar-refractivity contribution in [2.75, 3.05) is 7.05 Å². The first-order valence-corrected chi connectivity index (χ1v) is 8.98. The highest BCUT2D eigenvalue weighted by Gasteiger charge is 2.36. The second-order valence-corrected chi connectivity index (χ2v) is 8.19. The summed E-state index contributed by atoms with van der Waals surface area (Å²) in [5.74, 6) is 1.98. The van der Waals surface area contributed by atoms with Crippen LogP contribution in [0.3, 0.4) is 0 Å². The summed E-state index contributed by atoms with van der Waals surface area (Å²) in [6.07, 6.45) is 7.96. The minimum absolute atomic E-state index is 0.0596. The molecule has 0 aliphatic heterocycles. The van der Waals surface area contributed by atoms with Gasteiger partial charge in [-0.05, 0) is 37.7 Å². The molecule has 0 aromatic carbocycles. The Labute approximate surface area is 139 Å². The van der Waals surface area contributed by atoms with Crippen molar-refractivity contribution in [3.63, 3.8) is 0 Å². The maximum absolute atomic E-state index is 12.7. The van der Waals surface area contributed by atoms with Gasteiger partial charge < -0.3 is 14.6 Å². The third kappa shape index (κ3) is 3.56. The van der Waals surface area contributed by atoms with E-state index in [2.05, 4.69) is 25.2 Å². The van der Waals surface area contributed by atoms with Gasteiger partial charge in [-0.3, -0.25) is 0 Å². The molecular formula is C19H30N2O2. The molecule has 4 nitrogen and oxygen atoms in total. The number of furan rings is 1. The quantitative estimate of drug-likeness (QED) is 0.868. The number of nitrogens with one attached hydrogen (secondary N) is 1. The lowest BCUT2D eigenvalue weighted by atomic mass is 9.75. The number of hydrogen-bond donors (Lipinski definition) is 1. The number of rotatable bonds is 2. The van der Waals surface area contributed by atoms with E-state index in [1.54, 1.807) is 0 Å². The summed E-state index contributed by atoms with van der Waals surface area (Å²) in [5, 5.41) is 3.27. The van der Waals surface area contributed by atoms with Crippen LogP contribution in [0.15, 0.2) is 10.5 Å². The van der Waals surface area contributed by atoms with Gasteiger partial charge in [0, 0.05) is 25.1 Å². The number of carbonyl (C=O) groups excluding carboxylic acids is 1. The SMILES string of the molecule is Cc1cc2c(o1)CC(C)(C)CC2NC(=O)N(C)C1CCCCC1. The highest BCUT2D eigenvalue weighted by atomic mass is 16.3. The van der Waals surface area contributed by atoms with Crippen LogP contribution < -0.4 is 5.32 Å². The summed E-state index contributed by atoms with van der Waals surface area (Å²) in [7, 11) is 1.95. The molecular weight excluding hydrogens is 288 g/mol. The lowest BCUT2D eigenvalue weighted by Crippen LogP contribution is -2.47. The van der Waals surface area contributed by atoms with Gasteiger partial charge in [0.1, 0.15) is 11.5 Å². The summed E-state index contributed by atoms with van der Waals surface area (Å²) >= 11 is 0. The Hall–Kier alpha value is -1.45. The average molecular weight is 318 g/mol. The van der Waals surface area contributed by atoms with Gasteiger partial charge in [-0.1, -0.05) is 33.1 Å². The van der Waals surface area contributed by atoms with Crippen molar-refractivity contribution in [1.82, 2.24) is 10.2 Å². The predicted octanol–water partition coefficient (Wildman–Crippen LogP) is 4.58. The Morgan fingerprint density at radius 2 is 2.00 bits per heavy atom. The molecule has 1 saturated carbocycles. The zero-order valence-corrected chi connectivity index (χ0v) is 14.9. The van der Waals surface area contributed by atoms with Gasteiger partial charge in [0.25, 0.3) is 0 Å². The highest BCUT2D eigenvalue weighted by molar-refractivity contribution is 5.75. The van der Waals surface area contributed by atoms with Crippen LogP contribution in [0.5, 0.6) is 0 Å². The van der Waals surface area contributed by atoms with E-state index >= 15 is 0 Å². The molecule has 1 heterocycles. The fraction of sp³-hybridized carbons (Fsp3) is 0.737. The van der Waals surface area contributed by atoms with Crippen molar-refractivity contribution in [1.29, 1.82) is 0 Å². The first-order valence-electron chi connectivity index (χ1n) is 8.98. The van der Waals surface area contributed by atoms with Crippen molar-refractivity contribution < 1.29 is 9.21 Å². The van der Waals surface area contributed by atoms with E-state index in [1.165, 1.54) is 24.8 Å². The summed E-state index contributed by atoms with van der Waals surface area (Å²) in [5.41, 5.74) is 1.32. The van der Waals surface area contributed by atoms with Gasteiger partial charge in [-0.25, -0.2) is 4.79 Å². The Morgan fingerprint density at radius 3 is 2.70 bits per heavy atom. The second kappa shape index (κ2) is 6.21. The van der Waals surface area contributed by atoms with E-state index in [-0.39, 0.29) is 17.5 Å². The minimum Gasteiger partial charge on any atom is -0.466 e. The molecule has 0 spiro atoms. The molecule has 1 fully saturated rings. The van der Waals surface area contributed by atoms with E-state index in [0.717, 1.165) is 37.2 Å². The van der Waals surface area contributed by atoms with E-state index in [0.29, 0.717) is 6.04 Å². The maximum atomic E-state index is 12.7. The normalized spacial score (nSPS) is 24.1. The van der Waals surface area contributed by atoms with Crippen LogP contribution in [0, 0.1) is 12.3 Å². The number of carbonyl (C=O) groups is 1. The van der Waals surface area contributed by atoms with Crippen LogP contribution in [0.2, 0.25) is 0 Å². The van der Waals surface area contributed by atoms with Crippen molar-refractivity contribution in [2.45, 2.75) is 77.8 Å². The fourth-order valence-corrected chi connectivity index (χ4v) is 4.20. The summed E-state index contributed by atoms with van der Waals surface area (Å²) < 4.78 is 5.87. The monoisotopic (exact) mass is 318 g/mol. The van der Waals surface area contributed by atoms with E-state index in [9.17, 15) is 4.79 Å². The topological polar surface area (TPSA) is 45.5 Å². The Kier molecular flexibility index (Phi) is 4.43. The van der Waals surface area contributed by atoms with Gasteiger partial charge >= 0.3 is 6.03 Å². The first kappa shape index (κ1) is 16.4. The van der Waals surface area contributed by atoms with Crippen LogP contribution in [0.25, 0.3) is 0 Å². The molecule has 2 aliphatic carbocycles. The molecule has 0 bridgehead atoms. The van der Waals surface area contributed by atoms with Crippen molar-refractivity contribution in [3.05, 3.63) is 23.2 Å². The molecule has 1 aromatic rings. The molecule has 128 valence electrons. The van der Waals surface area contributed by atoms with Crippen LogP contribution in [-0.2, 0) is 6.42 Å². The van der Waals surface area contributed by atoms with Gasteiger partial charge in [0.05, 0.1) is 6.04 Å². The number of hydrogen-bond acceptors (Lipinski definition) is 2. The molecule has 3 rings (SSSR count). The number of aryl methyl sites for hydroxylation is 1. The lowest BCUT2D eigenvalue weighted by Gasteiger charge is -2.37. The van der Waals surface area contributed by atoms with E-state index in [4.69, 9.17) is 4.42 Å². The molecule has 0 radical (unpaired) electrons. The summed E-state index contributed by atoms with van der Waals surface area (Å²) in [6.45, 7) is 6.48. The largest absolute Gasteiger partial charge is 0.466 e. The summed E-state index contributed by atoms with van der Waals surface area (Å²) in [4.78, 5) is 14.6. The highest BCUT2D eigenvalue weighted by Crippen LogP contribution is 2.42. The van der Waals surface area contributed by atoms with Crippen molar-refractivity contribution in [2.24, 2.45) is 5.41 Å². The number of urea groups is 1. The van der Waals surface area contributed by atoms with Gasteiger partial charge in [-0.15, -0.1) is 0 Å². The number of fused-ring (bicyclic) bond motifs is 1. The third-order valence-corrected chi connectivity index (χ3v) is 5.48. The first-order chi connectivity index (χ1) is 10.9. The van der Waals surface area contributed by atoms with Gasteiger partial charge in [0.15, 0.2) is 0 Å². The van der Waals surface area contributed by atoms with Crippen molar-refractivity contribution in [3.8, 4) is 0 Å². The standard InChI is InChI=1S/C19H30N2O2/c1-13-10-15-16(11-19(2,3)12-17(15)23-13)20-18(22)21(4)14-8-6-5-7-9-14/h10,14,16H,5-9,11-12H2,1-4H3,(H,20,22). The average Bonchev–Trinajstić information content (AvgIpc) is 2.86. The van der Waals surface area contributed by atoms with Crippen molar-refractivity contribution >= 4 is 6.03 Å². The van der Waals surface area contributed by atoms with E-state index < -0.39 is 0 Å². The lowest BCUT2D eigenvalue weighted by molar-refractivity contribution is 0.162. The van der Waals surface area contributed by atoms with Crippen LogP contribution in [0.1, 0.15) is 75.5 Å². The summed E-state index contributed by atoms with van der Waals surface area (Å²) in [6, 6.07) is 2.61. The second-order valence-electron chi connectivity index (χ2n) is 8.19. The molecule has 1 unspecified atom stereocenters. The molecule has 1 aromatic heterocycles. The Bertz CT molecular complexity index is 570. The number of nitrogens with zero attached hydrogens (tertiary/aromatic N) is 1. The number of amides is 2. The zero-order valence-electron chi connectivity index (χ0n) is 14.9. The Morgan fingerprint density at radius 1 is 1.30 bits per heavy atom. The molecule has 2 amide bonds. The molecule has 1 N–H and O–H groups in total. The zero-order chi connectivity index (χ0) is 16.6. The van der Waals surface area contributed by atoms with Crippen LogP contribution >= 0.6 is 0 Å². The molecule has 2 aliphatic rings. The molecule has 1 atom stereocenters. The maximum Gasteiger partial charge on any atom is 0.317 e. The van der Waals surface area contributed by atoms with Crippen LogP contribution in [0.4, 0.5) is 4.79 Å².